The number of ether oxygens (including phenoxy) is 1. The molecular formula is C25H27F5O. The van der Waals surface area contributed by atoms with Gasteiger partial charge in [0.05, 0.1) is 0 Å². The second-order valence-corrected chi connectivity index (χ2v) is 9.18. The molecular weight excluding hydrogens is 411 g/mol. The molecule has 4 rings (SSSR count). The topological polar surface area (TPSA) is 9.23 Å². The van der Waals surface area contributed by atoms with E-state index in [1.54, 1.807) is 0 Å². The van der Waals surface area contributed by atoms with Crippen LogP contribution in [0.1, 0.15) is 56.9 Å². The first-order chi connectivity index (χ1) is 14.7. The Labute approximate surface area is 179 Å². The average Bonchev–Trinajstić information content (AvgIpc) is 2.74. The first kappa shape index (κ1) is 22.1. The molecule has 168 valence electrons. The Balaban J connectivity index is 1.44. The number of fused-ring (bicyclic) bond motifs is 1. The van der Waals surface area contributed by atoms with E-state index in [2.05, 4.69) is 23.8 Å². The predicted octanol–water partition coefficient (Wildman–Crippen LogP) is 8.05. The van der Waals surface area contributed by atoms with Crippen LogP contribution >= 0.6 is 0 Å². The molecule has 0 radical (unpaired) electrons. The molecule has 0 spiro atoms. The van der Waals surface area contributed by atoms with Crippen molar-refractivity contribution in [2.75, 3.05) is 0 Å². The summed E-state index contributed by atoms with van der Waals surface area (Å²) in [6, 6.07) is 11.3. The van der Waals surface area contributed by atoms with Crippen LogP contribution in [0.3, 0.4) is 0 Å². The van der Waals surface area contributed by atoms with Crippen LogP contribution in [-0.2, 0) is 0 Å². The molecule has 0 bridgehead atoms. The minimum atomic E-state index is -4.74. The quantitative estimate of drug-likeness (QED) is 0.429. The lowest BCUT2D eigenvalue weighted by Gasteiger charge is -2.41. The SMILES string of the molecule is CC1CC[C@@H]2C[C@H](c3ccc(-c4ccc(OC(F)(F)C(F)F)c(F)c4)cc3)CC[C@@H]2C1. The molecule has 2 saturated carbocycles. The zero-order valence-electron chi connectivity index (χ0n) is 17.5. The van der Waals surface area contributed by atoms with Gasteiger partial charge in [0.15, 0.2) is 11.6 Å². The second kappa shape index (κ2) is 8.79. The molecule has 2 fully saturated rings. The van der Waals surface area contributed by atoms with Gasteiger partial charge in [-0.2, -0.15) is 17.6 Å². The first-order valence-electron chi connectivity index (χ1n) is 11.0. The van der Waals surface area contributed by atoms with E-state index in [1.807, 2.05) is 12.1 Å². The Bertz CT molecular complexity index is 895. The van der Waals surface area contributed by atoms with Crippen LogP contribution in [0, 0.1) is 23.6 Å². The van der Waals surface area contributed by atoms with Crippen molar-refractivity contribution in [1.82, 2.24) is 0 Å². The van der Waals surface area contributed by atoms with Gasteiger partial charge in [0.1, 0.15) is 0 Å². The van der Waals surface area contributed by atoms with Crippen molar-refractivity contribution in [2.24, 2.45) is 17.8 Å². The van der Waals surface area contributed by atoms with Gasteiger partial charge in [-0.15, -0.1) is 0 Å². The van der Waals surface area contributed by atoms with Crippen LogP contribution < -0.4 is 4.74 Å². The van der Waals surface area contributed by atoms with E-state index in [9.17, 15) is 22.0 Å². The molecule has 0 saturated heterocycles. The number of halogens is 5. The van der Waals surface area contributed by atoms with Gasteiger partial charge in [-0.05, 0) is 84.6 Å². The van der Waals surface area contributed by atoms with E-state index in [4.69, 9.17) is 0 Å². The fraction of sp³-hybridized carbons (Fsp3) is 0.520. The lowest BCUT2D eigenvalue weighted by molar-refractivity contribution is -0.254. The van der Waals surface area contributed by atoms with E-state index < -0.39 is 24.1 Å². The fourth-order valence-electron chi connectivity index (χ4n) is 5.33. The standard InChI is InChI=1S/C25H27F5O/c1-15-2-3-20-13-19(9-8-18(20)12-15)16-4-6-17(7-5-16)21-10-11-23(22(26)14-21)31-25(29,30)24(27)28/h4-7,10-11,14-15,18-20,24H,2-3,8-9,12-13H2,1H3/t15?,18-,19-,20-/m1/s1. The summed E-state index contributed by atoms with van der Waals surface area (Å²) in [5, 5.41) is 0. The van der Waals surface area contributed by atoms with Crippen LogP contribution in [0.4, 0.5) is 22.0 Å². The summed E-state index contributed by atoms with van der Waals surface area (Å²) in [4.78, 5) is 0. The summed E-state index contributed by atoms with van der Waals surface area (Å²) < 4.78 is 68.7. The maximum absolute atomic E-state index is 14.2. The number of benzene rings is 2. The third kappa shape index (κ3) is 4.88. The van der Waals surface area contributed by atoms with Gasteiger partial charge in [-0.3, -0.25) is 0 Å². The van der Waals surface area contributed by atoms with Crippen LogP contribution in [0.15, 0.2) is 42.5 Å². The summed E-state index contributed by atoms with van der Waals surface area (Å²) in [6.45, 7) is 2.35. The smallest absolute Gasteiger partial charge is 0.425 e. The van der Waals surface area contributed by atoms with Gasteiger partial charge >= 0.3 is 12.5 Å². The molecule has 0 aromatic heterocycles. The molecule has 0 aliphatic heterocycles. The van der Waals surface area contributed by atoms with E-state index in [0.29, 0.717) is 11.5 Å². The molecule has 2 aromatic rings. The van der Waals surface area contributed by atoms with Crippen molar-refractivity contribution in [3.05, 3.63) is 53.8 Å². The third-order valence-electron chi connectivity index (χ3n) is 7.02. The van der Waals surface area contributed by atoms with Crippen molar-refractivity contribution < 1.29 is 26.7 Å². The zero-order valence-corrected chi connectivity index (χ0v) is 17.5. The van der Waals surface area contributed by atoms with E-state index >= 15 is 0 Å². The highest BCUT2D eigenvalue weighted by Crippen LogP contribution is 2.47. The normalized spacial score (nSPS) is 26.5. The summed E-state index contributed by atoms with van der Waals surface area (Å²) in [5.41, 5.74) is 2.48. The van der Waals surface area contributed by atoms with Gasteiger partial charge in [-0.25, -0.2) is 4.39 Å². The lowest BCUT2D eigenvalue weighted by Crippen LogP contribution is -2.33. The minimum absolute atomic E-state index is 0.474. The van der Waals surface area contributed by atoms with Gasteiger partial charge in [0.25, 0.3) is 0 Å². The average molecular weight is 438 g/mol. The molecule has 2 aliphatic rings. The molecule has 31 heavy (non-hydrogen) atoms. The van der Waals surface area contributed by atoms with Gasteiger partial charge in [0, 0.05) is 0 Å². The molecule has 0 N–H and O–H groups in total. The summed E-state index contributed by atoms with van der Waals surface area (Å²) in [5.74, 6) is 1.04. The van der Waals surface area contributed by atoms with Crippen molar-refractivity contribution in [1.29, 1.82) is 0 Å². The van der Waals surface area contributed by atoms with Crippen molar-refractivity contribution >= 4 is 0 Å². The summed E-state index contributed by atoms with van der Waals surface area (Å²) in [7, 11) is 0. The highest BCUT2D eigenvalue weighted by atomic mass is 19.3. The number of hydrogen-bond donors (Lipinski definition) is 0. The van der Waals surface area contributed by atoms with E-state index in [0.717, 1.165) is 35.4 Å². The van der Waals surface area contributed by atoms with Crippen molar-refractivity contribution in [2.45, 2.75) is 63.9 Å². The Morgan fingerprint density at radius 3 is 2.19 bits per heavy atom. The molecule has 0 amide bonds. The van der Waals surface area contributed by atoms with Gasteiger partial charge < -0.3 is 4.74 Å². The second-order valence-electron chi connectivity index (χ2n) is 9.18. The number of rotatable bonds is 5. The predicted molar refractivity (Wildman–Crippen MR) is 110 cm³/mol. The van der Waals surface area contributed by atoms with Crippen molar-refractivity contribution in [3.63, 3.8) is 0 Å². The Morgan fingerprint density at radius 1 is 0.871 bits per heavy atom. The van der Waals surface area contributed by atoms with E-state index in [1.165, 1.54) is 50.2 Å². The Morgan fingerprint density at radius 2 is 1.52 bits per heavy atom. The Kier molecular flexibility index (Phi) is 6.27. The molecule has 1 nitrogen and oxygen atoms in total. The number of alkyl halides is 4. The van der Waals surface area contributed by atoms with Crippen molar-refractivity contribution in [3.8, 4) is 16.9 Å². The summed E-state index contributed by atoms with van der Waals surface area (Å²) >= 11 is 0. The first-order valence-corrected chi connectivity index (χ1v) is 11.0. The highest BCUT2D eigenvalue weighted by Gasteiger charge is 2.44. The highest BCUT2D eigenvalue weighted by molar-refractivity contribution is 5.64. The molecule has 2 aliphatic carbocycles. The van der Waals surface area contributed by atoms with E-state index in [-0.39, 0.29) is 0 Å². The van der Waals surface area contributed by atoms with Crippen LogP contribution in [0.2, 0.25) is 0 Å². The maximum Gasteiger partial charge on any atom is 0.461 e. The minimum Gasteiger partial charge on any atom is -0.425 e. The van der Waals surface area contributed by atoms with Gasteiger partial charge in [-0.1, -0.05) is 43.7 Å². The zero-order chi connectivity index (χ0) is 22.2. The Hall–Kier alpha value is -2.11. The van der Waals surface area contributed by atoms with Crippen LogP contribution in [-0.4, -0.2) is 12.5 Å². The monoisotopic (exact) mass is 438 g/mol. The molecule has 0 heterocycles. The third-order valence-corrected chi connectivity index (χ3v) is 7.02. The fourth-order valence-corrected chi connectivity index (χ4v) is 5.33. The molecule has 2 aromatic carbocycles. The summed E-state index contributed by atoms with van der Waals surface area (Å²) in [6.07, 6.45) is -1.10. The number of hydrogen-bond acceptors (Lipinski definition) is 1. The van der Waals surface area contributed by atoms with Crippen LogP contribution in [0.25, 0.3) is 11.1 Å². The van der Waals surface area contributed by atoms with Gasteiger partial charge in [0.2, 0.25) is 0 Å². The maximum atomic E-state index is 14.2. The molecule has 4 atom stereocenters. The lowest BCUT2D eigenvalue weighted by atomic mass is 9.64. The largest absolute Gasteiger partial charge is 0.461 e. The molecule has 6 heteroatoms. The molecule has 1 unspecified atom stereocenters. The van der Waals surface area contributed by atoms with Crippen LogP contribution in [0.5, 0.6) is 5.75 Å².